The van der Waals surface area contributed by atoms with Gasteiger partial charge in [0.25, 0.3) is 5.56 Å². The molecule has 1 aromatic carbocycles. The molecule has 6 nitrogen and oxygen atoms in total. The lowest BCUT2D eigenvalue weighted by Crippen LogP contribution is -2.34. The maximum Gasteiger partial charge on any atom is 0.269 e. The first-order valence-electron chi connectivity index (χ1n) is 8.53. The zero-order chi connectivity index (χ0) is 18.4. The second-order valence-electron chi connectivity index (χ2n) is 6.26. The number of aromatic nitrogens is 2. The summed E-state index contributed by atoms with van der Waals surface area (Å²) < 4.78 is 0. The van der Waals surface area contributed by atoms with E-state index in [1.165, 1.54) is 0 Å². The second-order valence-corrected chi connectivity index (χ2v) is 6.26. The molecule has 0 fully saturated rings. The van der Waals surface area contributed by atoms with E-state index in [1.54, 1.807) is 19.1 Å². The van der Waals surface area contributed by atoms with Crippen molar-refractivity contribution in [3.8, 4) is 0 Å². The fourth-order valence-electron chi connectivity index (χ4n) is 2.92. The highest BCUT2D eigenvalue weighted by Gasteiger charge is 2.26. The van der Waals surface area contributed by atoms with Crippen molar-refractivity contribution < 1.29 is 9.90 Å². The number of nitrogens with one attached hydrogen (secondary N) is 2. The lowest BCUT2D eigenvalue weighted by molar-refractivity contribution is -0.126. The summed E-state index contributed by atoms with van der Waals surface area (Å²) in [6.07, 6.45) is 1.30. The van der Waals surface area contributed by atoms with Gasteiger partial charge in [-0.15, -0.1) is 0 Å². The molecule has 1 amide bonds. The molecule has 0 bridgehead atoms. The van der Waals surface area contributed by atoms with Crippen LogP contribution in [0.4, 0.5) is 0 Å². The third-order valence-electron chi connectivity index (χ3n) is 4.33. The minimum absolute atomic E-state index is 0.0813. The number of benzene rings is 1. The Morgan fingerprint density at radius 2 is 1.88 bits per heavy atom. The Kier molecular flexibility index (Phi) is 6.09. The molecule has 2 rings (SSSR count). The minimum Gasteiger partial charge on any atom is -0.385 e. The van der Waals surface area contributed by atoms with Gasteiger partial charge in [0, 0.05) is 12.1 Å². The molecule has 0 saturated heterocycles. The summed E-state index contributed by atoms with van der Waals surface area (Å²) in [5, 5.41) is 19.8. The number of H-pyrrole nitrogens is 1. The van der Waals surface area contributed by atoms with Gasteiger partial charge >= 0.3 is 0 Å². The van der Waals surface area contributed by atoms with Crippen LogP contribution in [-0.2, 0) is 29.8 Å². The number of carbonyl (C=O) groups excluding carboxylic acids is 1. The monoisotopic (exact) mass is 343 g/mol. The number of rotatable bonds is 7. The van der Waals surface area contributed by atoms with Gasteiger partial charge in [-0.25, -0.2) is 5.10 Å². The van der Waals surface area contributed by atoms with Crippen molar-refractivity contribution in [3.05, 3.63) is 63.1 Å². The number of nitrogens with zero attached hydrogens (tertiary/aromatic N) is 1. The van der Waals surface area contributed by atoms with Gasteiger partial charge in [-0.05, 0) is 30.9 Å². The third kappa shape index (κ3) is 4.54. The van der Waals surface area contributed by atoms with Crippen molar-refractivity contribution in [2.24, 2.45) is 0 Å². The molecule has 0 spiro atoms. The summed E-state index contributed by atoms with van der Waals surface area (Å²) in [6, 6.07) is 9.05. The summed E-state index contributed by atoms with van der Waals surface area (Å²) in [7, 11) is 0. The fraction of sp³-hybridized carbons (Fsp3) is 0.421. The van der Waals surface area contributed by atoms with Crippen molar-refractivity contribution in [2.75, 3.05) is 0 Å². The molecule has 3 N–H and O–H groups in total. The molecular weight excluding hydrogens is 318 g/mol. The normalized spacial score (nSPS) is 13.3. The quantitative estimate of drug-likeness (QED) is 0.714. The van der Waals surface area contributed by atoms with Crippen LogP contribution in [0.25, 0.3) is 0 Å². The van der Waals surface area contributed by atoms with Crippen LogP contribution in [0.3, 0.4) is 0 Å². The molecule has 1 heterocycles. The molecule has 0 aliphatic carbocycles. The van der Waals surface area contributed by atoms with E-state index in [-0.39, 0.29) is 24.4 Å². The Labute approximate surface area is 147 Å². The van der Waals surface area contributed by atoms with Crippen LogP contribution in [-0.4, -0.2) is 21.2 Å². The molecule has 0 aliphatic rings. The zero-order valence-electron chi connectivity index (χ0n) is 14.9. The van der Waals surface area contributed by atoms with E-state index in [0.29, 0.717) is 24.0 Å². The minimum atomic E-state index is -1.27. The number of hydrogen-bond donors (Lipinski definition) is 3. The SMILES string of the molecule is CCc1n[nH]c(=O)c(CNC(=O)CC(C)(O)c2ccccc2)c1CC. The Morgan fingerprint density at radius 3 is 2.48 bits per heavy atom. The van der Waals surface area contributed by atoms with Gasteiger partial charge in [0.15, 0.2) is 0 Å². The predicted octanol–water partition coefficient (Wildman–Crippen LogP) is 1.81. The smallest absolute Gasteiger partial charge is 0.269 e. The van der Waals surface area contributed by atoms with Crippen LogP contribution in [0.15, 0.2) is 35.1 Å². The molecular formula is C19H25N3O3. The third-order valence-corrected chi connectivity index (χ3v) is 4.33. The number of aliphatic hydroxyl groups is 1. The second kappa shape index (κ2) is 8.07. The first kappa shape index (κ1) is 18.9. The van der Waals surface area contributed by atoms with Crippen LogP contribution < -0.4 is 10.9 Å². The van der Waals surface area contributed by atoms with E-state index in [2.05, 4.69) is 15.5 Å². The van der Waals surface area contributed by atoms with Crippen molar-refractivity contribution in [1.29, 1.82) is 0 Å². The highest BCUT2D eigenvalue weighted by atomic mass is 16.3. The van der Waals surface area contributed by atoms with Gasteiger partial charge < -0.3 is 10.4 Å². The molecule has 25 heavy (non-hydrogen) atoms. The molecule has 0 radical (unpaired) electrons. The lowest BCUT2D eigenvalue weighted by atomic mass is 9.92. The molecule has 6 heteroatoms. The van der Waals surface area contributed by atoms with Gasteiger partial charge in [0.1, 0.15) is 0 Å². The molecule has 1 unspecified atom stereocenters. The van der Waals surface area contributed by atoms with E-state index in [1.807, 2.05) is 32.0 Å². The number of carbonyl (C=O) groups is 1. The summed E-state index contributed by atoms with van der Waals surface area (Å²) in [5.74, 6) is -0.315. The molecule has 0 aliphatic heterocycles. The van der Waals surface area contributed by atoms with Crippen LogP contribution in [0.2, 0.25) is 0 Å². The number of hydrogen-bond acceptors (Lipinski definition) is 4. The maximum atomic E-state index is 12.3. The standard InChI is InChI=1S/C19H25N3O3/c1-4-14-15(18(24)22-21-16(14)5-2)12-20-17(23)11-19(3,25)13-9-7-6-8-10-13/h6-10,25H,4-5,11-12H2,1-3H3,(H,20,23)(H,22,24). The highest BCUT2D eigenvalue weighted by Crippen LogP contribution is 2.24. The number of aryl methyl sites for hydroxylation is 1. The van der Waals surface area contributed by atoms with Gasteiger partial charge in [-0.1, -0.05) is 44.2 Å². The number of aromatic amines is 1. The molecule has 1 aromatic heterocycles. The topological polar surface area (TPSA) is 95.1 Å². The van der Waals surface area contributed by atoms with Crippen LogP contribution in [0.1, 0.15) is 49.6 Å². The number of amides is 1. The average molecular weight is 343 g/mol. The Hall–Kier alpha value is -2.47. The van der Waals surface area contributed by atoms with E-state index < -0.39 is 5.60 Å². The van der Waals surface area contributed by atoms with Crippen LogP contribution >= 0.6 is 0 Å². The lowest BCUT2D eigenvalue weighted by Gasteiger charge is -2.23. The van der Waals surface area contributed by atoms with Gasteiger partial charge in [-0.3, -0.25) is 9.59 Å². The van der Waals surface area contributed by atoms with Crippen molar-refractivity contribution in [2.45, 2.75) is 52.2 Å². The largest absolute Gasteiger partial charge is 0.385 e. The summed E-state index contributed by atoms with van der Waals surface area (Å²) in [6.45, 7) is 5.66. The van der Waals surface area contributed by atoms with Crippen LogP contribution in [0, 0.1) is 0 Å². The maximum absolute atomic E-state index is 12.3. The first-order chi connectivity index (χ1) is 11.9. The molecule has 134 valence electrons. The Bertz CT molecular complexity index is 782. The fourth-order valence-corrected chi connectivity index (χ4v) is 2.92. The molecule has 1 atom stereocenters. The Balaban J connectivity index is 2.09. The molecule has 0 saturated carbocycles. The van der Waals surface area contributed by atoms with E-state index in [4.69, 9.17) is 0 Å². The Morgan fingerprint density at radius 1 is 1.20 bits per heavy atom. The van der Waals surface area contributed by atoms with Gasteiger partial charge in [0.05, 0.1) is 17.7 Å². The average Bonchev–Trinajstić information content (AvgIpc) is 2.60. The van der Waals surface area contributed by atoms with Crippen LogP contribution in [0.5, 0.6) is 0 Å². The van der Waals surface area contributed by atoms with E-state index in [0.717, 1.165) is 11.3 Å². The van der Waals surface area contributed by atoms with Gasteiger partial charge in [-0.2, -0.15) is 5.10 Å². The first-order valence-corrected chi connectivity index (χ1v) is 8.53. The van der Waals surface area contributed by atoms with Crippen molar-refractivity contribution in [1.82, 2.24) is 15.5 Å². The van der Waals surface area contributed by atoms with Crippen molar-refractivity contribution in [3.63, 3.8) is 0 Å². The summed E-state index contributed by atoms with van der Waals surface area (Å²) >= 11 is 0. The van der Waals surface area contributed by atoms with E-state index >= 15 is 0 Å². The summed E-state index contributed by atoms with van der Waals surface area (Å²) in [4.78, 5) is 24.3. The highest BCUT2D eigenvalue weighted by molar-refractivity contribution is 5.77. The summed E-state index contributed by atoms with van der Waals surface area (Å²) in [5.41, 5.74) is 1.36. The van der Waals surface area contributed by atoms with Crippen molar-refractivity contribution >= 4 is 5.91 Å². The van der Waals surface area contributed by atoms with Gasteiger partial charge in [0.2, 0.25) is 5.91 Å². The molecule has 2 aromatic rings. The predicted molar refractivity (Wildman–Crippen MR) is 96.1 cm³/mol. The van der Waals surface area contributed by atoms with E-state index in [9.17, 15) is 14.7 Å². The zero-order valence-corrected chi connectivity index (χ0v) is 14.9.